The van der Waals surface area contributed by atoms with Gasteiger partial charge in [-0.3, -0.25) is 4.79 Å². The smallest absolute Gasteiger partial charge is 0.238 e. The summed E-state index contributed by atoms with van der Waals surface area (Å²) in [5.74, 6) is -0.00292. The summed E-state index contributed by atoms with van der Waals surface area (Å²) >= 11 is 0. The summed E-state index contributed by atoms with van der Waals surface area (Å²) in [4.78, 5) is 16.6. The first-order chi connectivity index (χ1) is 4.18. The van der Waals surface area contributed by atoms with Gasteiger partial charge < -0.3 is 9.74 Å². The van der Waals surface area contributed by atoms with Crippen molar-refractivity contribution in [3.63, 3.8) is 0 Å². The summed E-state index contributed by atoms with van der Waals surface area (Å²) < 4.78 is 0. The molecule has 0 aromatic heterocycles. The minimum absolute atomic E-state index is 0.00292. The molecule has 1 amide bonds. The Balaban J connectivity index is 3.28. The van der Waals surface area contributed by atoms with Crippen molar-refractivity contribution < 1.29 is 9.63 Å². The van der Waals surface area contributed by atoms with E-state index in [0.29, 0.717) is 0 Å². The third-order valence-electron chi connectivity index (χ3n) is 0.867. The van der Waals surface area contributed by atoms with Gasteiger partial charge in [0.1, 0.15) is 6.54 Å². The van der Waals surface area contributed by atoms with Crippen molar-refractivity contribution in [2.45, 2.75) is 0 Å². The first-order valence-electron chi connectivity index (χ1n) is 2.64. The van der Waals surface area contributed by atoms with Gasteiger partial charge in [0.05, 0.1) is 7.11 Å². The highest BCUT2D eigenvalue weighted by atomic mass is 16.6. The standard InChI is InChI=1S/C5H12N2O2/c1-7(2)5(8)4-6-9-3/h6H,4H2,1-3H3. The number of carbonyl (C=O) groups is 1. The van der Waals surface area contributed by atoms with Crippen LogP contribution in [-0.4, -0.2) is 38.6 Å². The van der Waals surface area contributed by atoms with Gasteiger partial charge in [0.25, 0.3) is 0 Å². The van der Waals surface area contributed by atoms with Crippen LogP contribution in [0.4, 0.5) is 0 Å². The molecule has 0 atom stereocenters. The highest BCUT2D eigenvalue weighted by Gasteiger charge is 2.00. The largest absolute Gasteiger partial charge is 0.348 e. The molecule has 0 heterocycles. The molecule has 0 saturated carbocycles. The molecule has 0 fully saturated rings. The first kappa shape index (κ1) is 8.39. The topological polar surface area (TPSA) is 41.6 Å². The molecular weight excluding hydrogens is 120 g/mol. The number of nitrogens with one attached hydrogen (secondary N) is 1. The molecule has 0 radical (unpaired) electrons. The van der Waals surface area contributed by atoms with Crippen LogP contribution < -0.4 is 5.48 Å². The van der Waals surface area contributed by atoms with Gasteiger partial charge in [0.15, 0.2) is 0 Å². The van der Waals surface area contributed by atoms with Crippen LogP contribution in [0, 0.1) is 0 Å². The fraction of sp³-hybridized carbons (Fsp3) is 0.800. The van der Waals surface area contributed by atoms with Crippen molar-refractivity contribution in [3.05, 3.63) is 0 Å². The number of nitrogens with zero attached hydrogens (tertiary/aromatic N) is 1. The highest BCUT2D eigenvalue weighted by Crippen LogP contribution is 1.73. The second kappa shape index (κ2) is 4.29. The van der Waals surface area contributed by atoms with Crippen molar-refractivity contribution in [1.82, 2.24) is 10.4 Å². The van der Waals surface area contributed by atoms with Gasteiger partial charge in [0.2, 0.25) is 5.91 Å². The van der Waals surface area contributed by atoms with Crippen LogP contribution in [0.1, 0.15) is 0 Å². The molecule has 4 nitrogen and oxygen atoms in total. The molecule has 0 aromatic rings. The summed E-state index contributed by atoms with van der Waals surface area (Å²) in [6, 6.07) is 0. The Hall–Kier alpha value is -0.610. The third-order valence-corrected chi connectivity index (χ3v) is 0.867. The van der Waals surface area contributed by atoms with Crippen LogP contribution in [-0.2, 0) is 9.63 Å². The van der Waals surface area contributed by atoms with Crippen LogP contribution in [0.15, 0.2) is 0 Å². The number of likely N-dealkylation sites (N-methyl/N-ethyl adjacent to an activating group) is 1. The van der Waals surface area contributed by atoms with E-state index in [9.17, 15) is 4.79 Å². The second-order valence-corrected chi connectivity index (χ2v) is 1.81. The van der Waals surface area contributed by atoms with Crippen LogP contribution in [0.5, 0.6) is 0 Å². The summed E-state index contributed by atoms with van der Waals surface area (Å²) in [6.45, 7) is 0.226. The van der Waals surface area contributed by atoms with Crippen LogP contribution in [0.2, 0.25) is 0 Å². The van der Waals surface area contributed by atoms with E-state index in [-0.39, 0.29) is 12.5 Å². The maximum absolute atomic E-state index is 10.7. The fourth-order valence-electron chi connectivity index (χ4n) is 0.292. The van der Waals surface area contributed by atoms with Crippen LogP contribution in [0.25, 0.3) is 0 Å². The number of rotatable bonds is 3. The van der Waals surface area contributed by atoms with Crippen LogP contribution in [0.3, 0.4) is 0 Å². The maximum Gasteiger partial charge on any atom is 0.238 e. The van der Waals surface area contributed by atoms with Gasteiger partial charge in [-0.2, -0.15) is 5.48 Å². The zero-order valence-electron chi connectivity index (χ0n) is 5.97. The lowest BCUT2D eigenvalue weighted by molar-refractivity contribution is -0.129. The minimum atomic E-state index is -0.00292. The predicted molar refractivity (Wildman–Crippen MR) is 33.7 cm³/mol. The lowest BCUT2D eigenvalue weighted by atomic mass is 10.6. The van der Waals surface area contributed by atoms with E-state index in [1.54, 1.807) is 14.1 Å². The zero-order chi connectivity index (χ0) is 7.28. The molecule has 0 aliphatic heterocycles. The molecular formula is C5H12N2O2. The van der Waals surface area contributed by atoms with E-state index >= 15 is 0 Å². The van der Waals surface area contributed by atoms with E-state index in [1.165, 1.54) is 12.0 Å². The van der Waals surface area contributed by atoms with Crippen molar-refractivity contribution in [1.29, 1.82) is 0 Å². The van der Waals surface area contributed by atoms with E-state index < -0.39 is 0 Å². The first-order valence-corrected chi connectivity index (χ1v) is 2.64. The van der Waals surface area contributed by atoms with Crippen molar-refractivity contribution in [3.8, 4) is 0 Å². The Labute approximate surface area is 54.7 Å². The van der Waals surface area contributed by atoms with E-state index in [0.717, 1.165) is 0 Å². The number of amides is 1. The molecule has 0 bridgehead atoms. The molecule has 4 heteroatoms. The zero-order valence-corrected chi connectivity index (χ0v) is 5.97. The monoisotopic (exact) mass is 132 g/mol. The number of hydrogen-bond acceptors (Lipinski definition) is 3. The minimum Gasteiger partial charge on any atom is -0.348 e. The predicted octanol–water partition coefficient (Wildman–Crippen LogP) is -0.774. The molecule has 0 rings (SSSR count). The van der Waals surface area contributed by atoms with Gasteiger partial charge in [-0.25, -0.2) is 0 Å². The van der Waals surface area contributed by atoms with E-state index in [1.807, 2.05) is 0 Å². The molecule has 0 aliphatic rings. The van der Waals surface area contributed by atoms with Gasteiger partial charge in [-0.1, -0.05) is 0 Å². The number of carbonyl (C=O) groups excluding carboxylic acids is 1. The normalized spacial score (nSPS) is 9.22. The molecule has 1 N–H and O–H groups in total. The molecule has 0 unspecified atom stereocenters. The van der Waals surface area contributed by atoms with E-state index in [4.69, 9.17) is 0 Å². The lowest BCUT2D eigenvalue weighted by Gasteiger charge is -2.08. The summed E-state index contributed by atoms with van der Waals surface area (Å²) in [5.41, 5.74) is 2.44. The maximum atomic E-state index is 10.7. The van der Waals surface area contributed by atoms with E-state index in [2.05, 4.69) is 10.3 Å². The highest BCUT2D eigenvalue weighted by molar-refractivity contribution is 5.77. The summed E-state index contributed by atoms with van der Waals surface area (Å²) in [7, 11) is 4.86. The Morgan fingerprint density at radius 3 is 2.56 bits per heavy atom. The van der Waals surface area contributed by atoms with Gasteiger partial charge in [-0.15, -0.1) is 0 Å². The van der Waals surface area contributed by atoms with Crippen molar-refractivity contribution in [2.24, 2.45) is 0 Å². The van der Waals surface area contributed by atoms with Crippen LogP contribution >= 0.6 is 0 Å². The number of hydrogen-bond donors (Lipinski definition) is 1. The SMILES string of the molecule is CONCC(=O)N(C)C. The third kappa shape index (κ3) is 3.93. The Morgan fingerprint density at radius 2 is 2.22 bits per heavy atom. The number of hydroxylamine groups is 1. The van der Waals surface area contributed by atoms with Gasteiger partial charge in [0, 0.05) is 14.1 Å². The van der Waals surface area contributed by atoms with Gasteiger partial charge >= 0.3 is 0 Å². The molecule has 9 heavy (non-hydrogen) atoms. The fourth-order valence-corrected chi connectivity index (χ4v) is 0.292. The lowest BCUT2D eigenvalue weighted by Crippen LogP contribution is -2.32. The van der Waals surface area contributed by atoms with Crippen molar-refractivity contribution >= 4 is 5.91 Å². The average Bonchev–Trinajstić information content (AvgIpc) is 1.82. The van der Waals surface area contributed by atoms with Gasteiger partial charge in [-0.05, 0) is 0 Å². The Bertz CT molecular complexity index is 93.0. The quantitative estimate of drug-likeness (QED) is 0.512. The summed E-state index contributed by atoms with van der Waals surface area (Å²) in [5, 5.41) is 0. The molecule has 0 aromatic carbocycles. The molecule has 0 aliphatic carbocycles. The second-order valence-electron chi connectivity index (χ2n) is 1.81. The average molecular weight is 132 g/mol. The van der Waals surface area contributed by atoms with Crippen molar-refractivity contribution in [2.75, 3.05) is 27.7 Å². The molecule has 0 spiro atoms. The molecule has 0 saturated heterocycles. The molecule has 54 valence electrons. The Kier molecular flexibility index (Phi) is 4.00. The Morgan fingerprint density at radius 1 is 1.67 bits per heavy atom. The summed E-state index contributed by atoms with van der Waals surface area (Å²) in [6.07, 6.45) is 0.